The van der Waals surface area contributed by atoms with Crippen LogP contribution < -0.4 is 14.2 Å². The molecule has 0 saturated carbocycles. The predicted molar refractivity (Wildman–Crippen MR) is 95.2 cm³/mol. The molecule has 2 N–H and O–H groups in total. The van der Waals surface area contributed by atoms with Gasteiger partial charge in [-0.1, -0.05) is 18.2 Å². The van der Waals surface area contributed by atoms with Gasteiger partial charge in [0.1, 0.15) is 5.75 Å². The van der Waals surface area contributed by atoms with Gasteiger partial charge >= 0.3 is 11.9 Å². The van der Waals surface area contributed by atoms with Crippen LogP contribution in [0.1, 0.15) is 11.1 Å². The fraction of sp³-hybridized carbons (Fsp3) is 0.263. The number of carboxylic acid groups (broad SMARTS) is 2. The molecule has 0 fully saturated rings. The predicted octanol–water partition coefficient (Wildman–Crippen LogP) is 2.65. The van der Waals surface area contributed by atoms with Gasteiger partial charge in [-0.25, -0.2) is 0 Å². The van der Waals surface area contributed by atoms with E-state index < -0.39 is 11.9 Å². The summed E-state index contributed by atoms with van der Waals surface area (Å²) >= 11 is 0. The van der Waals surface area contributed by atoms with Gasteiger partial charge < -0.3 is 24.4 Å². The lowest BCUT2D eigenvalue weighted by molar-refractivity contribution is -0.137. The smallest absolute Gasteiger partial charge is 0.307 e. The summed E-state index contributed by atoms with van der Waals surface area (Å²) in [5.74, 6) is 0.203. The number of methoxy groups -OCH3 is 3. The van der Waals surface area contributed by atoms with Crippen LogP contribution in [0.2, 0.25) is 0 Å². The summed E-state index contributed by atoms with van der Waals surface area (Å²) in [6.45, 7) is 0. The summed E-state index contributed by atoms with van der Waals surface area (Å²) in [7, 11) is 4.63. The Morgan fingerprint density at radius 1 is 0.731 bits per heavy atom. The van der Waals surface area contributed by atoms with Crippen molar-refractivity contribution in [3.63, 3.8) is 0 Å². The Labute approximate surface area is 151 Å². The van der Waals surface area contributed by atoms with Crippen LogP contribution in [-0.4, -0.2) is 43.5 Å². The van der Waals surface area contributed by atoms with E-state index in [1.54, 1.807) is 49.6 Å². The number of hydrogen-bond acceptors (Lipinski definition) is 5. The Morgan fingerprint density at radius 2 is 1.23 bits per heavy atom. The molecule has 7 heteroatoms. The molecule has 140 valence electrons. The fourth-order valence-corrected chi connectivity index (χ4v) is 2.08. The van der Waals surface area contributed by atoms with Crippen LogP contribution >= 0.6 is 0 Å². The Balaban J connectivity index is 0.000000263. The zero-order valence-corrected chi connectivity index (χ0v) is 14.9. The maximum atomic E-state index is 10.5. The van der Waals surface area contributed by atoms with Crippen molar-refractivity contribution in [3.05, 3.63) is 53.6 Å². The molecule has 0 aromatic heterocycles. The van der Waals surface area contributed by atoms with Crippen molar-refractivity contribution in [2.45, 2.75) is 12.8 Å². The highest BCUT2D eigenvalue weighted by atomic mass is 16.5. The third-order valence-electron chi connectivity index (χ3n) is 3.32. The quantitative estimate of drug-likeness (QED) is 0.780. The number of carboxylic acids is 2. The van der Waals surface area contributed by atoms with Crippen molar-refractivity contribution >= 4 is 11.9 Å². The Morgan fingerprint density at radius 3 is 1.69 bits per heavy atom. The number of hydrogen-bond donors (Lipinski definition) is 2. The van der Waals surface area contributed by atoms with Gasteiger partial charge in [0.05, 0.1) is 34.2 Å². The summed E-state index contributed by atoms with van der Waals surface area (Å²) < 4.78 is 15.0. The van der Waals surface area contributed by atoms with Gasteiger partial charge in [0.15, 0.2) is 11.5 Å². The second-order valence-electron chi connectivity index (χ2n) is 5.18. The standard InChI is InChI=1S/C10H12O4.C9H10O3/c1-13-8-4-3-7(6-10(11)12)5-9(8)14-2;1-12-8-4-2-7(3-5-8)6-9(10)11/h3-5H,6H2,1-2H3,(H,11,12);2-5H,6H2,1H3,(H,10,11). The van der Waals surface area contributed by atoms with Crippen LogP contribution in [0.5, 0.6) is 17.2 Å². The molecule has 0 spiro atoms. The van der Waals surface area contributed by atoms with Gasteiger partial charge in [-0.2, -0.15) is 0 Å². The highest BCUT2D eigenvalue weighted by Gasteiger charge is 2.06. The second-order valence-corrected chi connectivity index (χ2v) is 5.18. The second kappa shape index (κ2) is 10.6. The minimum Gasteiger partial charge on any atom is -0.497 e. The molecular formula is C19H22O7. The first-order valence-corrected chi connectivity index (χ1v) is 7.67. The average Bonchev–Trinajstić information content (AvgIpc) is 2.62. The van der Waals surface area contributed by atoms with Crippen LogP contribution in [0.15, 0.2) is 42.5 Å². The van der Waals surface area contributed by atoms with E-state index in [1.165, 1.54) is 14.2 Å². The van der Waals surface area contributed by atoms with Gasteiger partial charge in [-0.3, -0.25) is 9.59 Å². The average molecular weight is 362 g/mol. The Hall–Kier alpha value is -3.22. The van der Waals surface area contributed by atoms with Crippen molar-refractivity contribution in [1.29, 1.82) is 0 Å². The first-order chi connectivity index (χ1) is 12.4. The number of carbonyl (C=O) groups is 2. The number of benzene rings is 2. The molecule has 0 radical (unpaired) electrons. The van der Waals surface area contributed by atoms with Crippen molar-refractivity contribution in [3.8, 4) is 17.2 Å². The molecule has 7 nitrogen and oxygen atoms in total. The van der Waals surface area contributed by atoms with Gasteiger partial charge in [-0.05, 0) is 35.4 Å². The highest BCUT2D eigenvalue weighted by molar-refractivity contribution is 5.70. The largest absolute Gasteiger partial charge is 0.497 e. The molecular weight excluding hydrogens is 340 g/mol. The van der Waals surface area contributed by atoms with E-state index in [9.17, 15) is 9.59 Å². The summed E-state index contributed by atoms with van der Waals surface area (Å²) in [6.07, 6.45) is 0.0460. The Bertz CT molecular complexity index is 723. The number of aliphatic carboxylic acids is 2. The van der Waals surface area contributed by atoms with E-state index in [0.717, 1.165) is 11.3 Å². The number of ether oxygens (including phenoxy) is 3. The maximum absolute atomic E-state index is 10.5. The van der Waals surface area contributed by atoms with Gasteiger partial charge in [0.2, 0.25) is 0 Å². The van der Waals surface area contributed by atoms with E-state index in [2.05, 4.69) is 0 Å². The van der Waals surface area contributed by atoms with Crippen LogP contribution in [0.25, 0.3) is 0 Å². The van der Waals surface area contributed by atoms with Crippen LogP contribution in [0, 0.1) is 0 Å². The molecule has 0 bridgehead atoms. The summed E-state index contributed by atoms with van der Waals surface area (Å²) in [5.41, 5.74) is 1.47. The summed E-state index contributed by atoms with van der Waals surface area (Å²) in [5, 5.41) is 17.0. The minimum atomic E-state index is -0.864. The summed E-state index contributed by atoms with van der Waals surface area (Å²) in [6, 6.07) is 12.0. The SMILES string of the molecule is COc1ccc(CC(=O)O)cc1.COc1ccc(CC(=O)O)cc1OC. The lowest BCUT2D eigenvalue weighted by Gasteiger charge is -2.08. The summed E-state index contributed by atoms with van der Waals surface area (Å²) in [4.78, 5) is 20.7. The molecule has 0 aliphatic carbocycles. The molecule has 26 heavy (non-hydrogen) atoms. The molecule has 2 aromatic rings. The van der Waals surface area contributed by atoms with E-state index >= 15 is 0 Å². The topological polar surface area (TPSA) is 102 Å². The molecule has 2 rings (SSSR count). The maximum Gasteiger partial charge on any atom is 0.307 e. The third kappa shape index (κ3) is 7.12. The van der Waals surface area contributed by atoms with E-state index in [-0.39, 0.29) is 12.8 Å². The Kier molecular flexibility index (Phi) is 8.49. The van der Waals surface area contributed by atoms with Crippen molar-refractivity contribution < 1.29 is 34.0 Å². The van der Waals surface area contributed by atoms with Gasteiger partial charge in [0.25, 0.3) is 0 Å². The van der Waals surface area contributed by atoms with E-state index in [1.807, 2.05) is 0 Å². The third-order valence-corrected chi connectivity index (χ3v) is 3.32. The highest BCUT2D eigenvalue weighted by Crippen LogP contribution is 2.27. The lowest BCUT2D eigenvalue weighted by Crippen LogP contribution is -2.00. The monoisotopic (exact) mass is 362 g/mol. The van der Waals surface area contributed by atoms with E-state index in [0.29, 0.717) is 17.1 Å². The van der Waals surface area contributed by atoms with E-state index in [4.69, 9.17) is 24.4 Å². The van der Waals surface area contributed by atoms with Crippen LogP contribution in [-0.2, 0) is 22.4 Å². The first-order valence-electron chi connectivity index (χ1n) is 7.67. The minimum absolute atomic E-state index is 0.0135. The molecule has 0 heterocycles. The van der Waals surface area contributed by atoms with Gasteiger partial charge in [-0.15, -0.1) is 0 Å². The molecule has 0 aliphatic rings. The molecule has 2 aromatic carbocycles. The zero-order chi connectivity index (χ0) is 19.5. The van der Waals surface area contributed by atoms with Gasteiger partial charge in [0, 0.05) is 0 Å². The normalized spacial score (nSPS) is 9.50. The van der Waals surface area contributed by atoms with Crippen molar-refractivity contribution in [1.82, 2.24) is 0 Å². The van der Waals surface area contributed by atoms with Crippen LogP contribution in [0.3, 0.4) is 0 Å². The fourth-order valence-electron chi connectivity index (χ4n) is 2.08. The number of rotatable bonds is 7. The molecule has 0 unspecified atom stereocenters. The molecule has 0 saturated heterocycles. The molecule has 0 aliphatic heterocycles. The van der Waals surface area contributed by atoms with Crippen molar-refractivity contribution in [2.24, 2.45) is 0 Å². The van der Waals surface area contributed by atoms with Crippen molar-refractivity contribution in [2.75, 3.05) is 21.3 Å². The zero-order valence-electron chi connectivity index (χ0n) is 14.9. The molecule has 0 amide bonds. The lowest BCUT2D eigenvalue weighted by atomic mass is 10.1. The first kappa shape index (κ1) is 20.8. The van der Waals surface area contributed by atoms with Crippen LogP contribution in [0.4, 0.5) is 0 Å². The molecule has 0 atom stereocenters.